The fourth-order valence-electron chi connectivity index (χ4n) is 1.72. The molecule has 0 bridgehead atoms. The largest absolute Gasteiger partial charge is 1.00 e. The number of hydrogen-bond donors (Lipinski definition) is 0. The molecular weight excluding hydrogens is 119 g/mol. The maximum Gasteiger partial charge on any atom is 1.00 e. The number of hydrogen-bond acceptors (Lipinski definition) is 1. The molecule has 0 amide bonds. The molecule has 10 heavy (non-hydrogen) atoms. The Morgan fingerprint density at radius 3 is 2.20 bits per heavy atom. The van der Waals surface area contributed by atoms with Crippen molar-refractivity contribution in [3.8, 4) is 0 Å². The average Bonchev–Trinajstić information content (AvgIpc) is 2.16. The predicted octanol–water partition coefficient (Wildman–Crippen LogP) is -1.54. The summed E-state index contributed by atoms with van der Waals surface area (Å²) in [6, 6.07) is 0. The van der Waals surface area contributed by atoms with E-state index in [-0.39, 0.29) is 18.9 Å². The maximum atomic E-state index is 11.5. The molecule has 54 valence electrons. The van der Waals surface area contributed by atoms with E-state index in [2.05, 4.69) is 6.92 Å². The fraction of sp³-hybridized carbons (Fsp3) is 1.00. The Balaban J connectivity index is 0.000000810. The van der Waals surface area contributed by atoms with Gasteiger partial charge in [0.15, 0.2) is 0 Å². The van der Waals surface area contributed by atoms with E-state index in [1.54, 1.807) is 0 Å². The molecule has 0 aromatic rings. The van der Waals surface area contributed by atoms with E-state index in [4.69, 9.17) is 0 Å². The van der Waals surface area contributed by atoms with E-state index in [1.165, 1.54) is 12.8 Å². The van der Waals surface area contributed by atoms with Crippen molar-refractivity contribution in [2.24, 2.45) is 0 Å². The van der Waals surface area contributed by atoms with E-state index in [9.17, 15) is 5.11 Å². The maximum absolute atomic E-state index is 11.5. The zero-order chi connectivity index (χ0) is 6.74. The van der Waals surface area contributed by atoms with Crippen LogP contribution in [0.3, 0.4) is 0 Å². The van der Waals surface area contributed by atoms with Crippen LogP contribution in [0.4, 0.5) is 0 Å². The summed E-state index contributed by atoms with van der Waals surface area (Å²) in [6.07, 6.45) is 6.16. The summed E-state index contributed by atoms with van der Waals surface area (Å²) in [4.78, 5) is 0. The molecule has 1 rings (SSSR count). The standard InChI is InChI=1S/C8H15O.Li/c1-2-5-8(9)6-3-4-7-8;/h2-7H2,1H3;/q-1;+1. The smallest absolute Gasteiger partial charge is 0.849 e. The molecule has 1 aliphatic rings. The molecule has 1 saturated carbocycles. The van der Waals surface area contributed by atoms with Crippen LogP contribution in [0.25, 0.3) is 0 Å². The molecule has 2 heteroatoms. The molecule has 0 atom stereocenters. The van der Waals surface area contributed by atoms with Crippen LogP contribution in [0.15, 0.2) is 0 Å². The first kappa shape index (κ1) is 10.6. The second kappa shape index (κ2) is 4.44. The Hall–Kier alpha value is 0.557. The van der Waals surface area contributed by atoms with Crippen molar-refractivity contribution in [2.75, 3.05) is 0 Å². The number of rotatable bonds is 2. The van der Waals surface area contributed by atoms with Gasteiger partial charge in [0, 0.05) is 0 Å². The topological polar surface area (TPSA) is 23.1 Å². The minimum absolute atomic E-state index is 0. The molecule has 0 aromatic heterocycles. The predicted molar refractivity (Wildman–Crippen MR) is 36.1 cm³/mol. The van der Waals surface area contributed by atoms with Crippen molar-refractivity contribution in [3.63, 3.8) is 0 Å². The quantitative estimate of drug-likeness (QED) is 0.420. The molecule has 0 spiro atoms. The van der Waals surface area contributed by atoms with Crippen LogP contribution < -0.4 is 24.0 Å². The van der Waals surface area contributed by atoms with Crippen LogP contribution in [0, 0.1) is 0 Å². The van der Waals surface area contributed by atoms with Gasteiger partial charge in [0.05, 0.1) is 0 Å². The molecule has 0 radical (unpaired) electrons. The van der Waals surface area contributed by atoms with Crippen LogP contribution in [-0.4, -0.2) is 5.60 Å². The first-order valence-corrected chi connectivity index (χ1v) is 3.97. The monoisotopic (exact) mass is 134 g/mol. The van der Waals surface area contributed by atoms with Gasteiger partial charge in [-0.05, 0) is 0 Å². The van der Waals surface area contributed by atoms with E-state index in [1.807, 2.05) is 0 Å². The Morgan fingerprint density at radius 1 is 1.30 bits per heavy atom. The summed E-state index contributed by atoms with van der Waals surface area (Å²) < 4.78 is 0. The molecule has 0 saturated heterocycles. The van der Waals surface area contributed by atoms with E-state index in [0.29, 0.717) is 0 Å². The molecule has 1 aliphatic carbocycles. The van der Waals surface area contributed by atoms with Gasteiger partial charge in [-0.3, -0.25) is 0 Å². The molecular formula is C8H15LiO. The molecule has 1 fully saturated rings. The van der Waals surface area contributed by atoms with Gasteiger partial charge in [0.25, 0.3) is 0 Å². The van der Waals surface area contributed by atoms with Gasteiger partial charge in [0.1, 0.15) is 0 Å². The van der Waals surface area contributed by atoms with Crippen molar-refractivity contribution in [1.29, 1.82) is 0 Å². The van der Waals surface area contributed by atoms with Gasteiger partial charge in [-0.25, -0.2) is 0 Å². The van der Waals surface area contributed by atoms with Crippen LogP contribution in [0.5, 0.6) is 0 Å². The first-order valence-electron chi connectivity index (χ1n) is 3.97. The van der Waals surface area contributed by atoms with Crippen LogP contribution in [0.1, 0.15) is 45.4 Å². The van der Waals surface area contributed by atoms with Crippen LogP contribution in [0.2, 0.25) is 0 Å². The van der Waals surface area contributed by atoms with Crippen LogP contribution in [-0.2, 0) is 0 Å². The van der Waals surface area contributed by atoms with Crippen molar-refractivity contribution in [2.45, 2.75) is 51.0 Å². The second-order valence-electron chi connectivity index (χ2n) is 3.14. The Bertz CT molecular complexity index is 87.3. The molecule has 0 aromatic carbocycles. The Morgan fingerprint density at radius 2 is 1.80 bits per heavy atom. The summed E-state index contributed by atoms with van der Waals surface area (Å²) in [6.45, 7) is 2.10. The Kier molecular flexibility index (Phi) is 4.69. The molecule has 0 aliphatic heterocycles. The first-order chi connectivity index (χ1) is 4.27. The van der Waals surface area contributed by atoms with E-state index in [0.717, 1.165) is 25.7 Å². The van der Waals surface area contributed by atoms with Gasteiger partial charge in [-0.1, -0.05) is 45.4 Å². The molecule has 0 unspecified atom stereocenters. The summed E-state index contributed by atoms with van der Waals surface area (Å²) in [7, 11) is 0. The van der Waals surface area contributed by atoms with Gasteiger partial charge in [0.2, 0.25) is 0 Å². The van der Waals surface area contributed by atoms with Gasteiger partial charge in [-0.2, -0.15) is 0 Å². The molecule has 0 heterocycles. The minimum Gasteiger partial charge on any atom is -0.849 e. The molecule has 0 N–H and O–H groups in total. The minimum atomic E-state index is -0.505. The zero-order valence-electron chi connectivity index (χ0n) is 7.15. The zero-order valence-corrected chi connectivity index (χ0v) is 7.15. The van der Waals surface area contributed by atoms with E-state index < -0.39 is 5.60 Å². The van der Waals surface area contributed by atoms with Crippen molar-refractivity contribution in [3.05, 3.63) is 0 Å². The summed E-state index contributed by atoms with van der Waals surface area (Å²) >= 11 is 0. The van der Waals surface area contributed by atoms with Crippen LogP contribution >= 0.6 is 0 Å². The van der Waals surface area contributed by atoms with Crippen molar-refractivity contribution >= 4 is 0 Å². The molecule has 1 nitrogen and oxygen atoms in total. The second-order valence-corrected chi connectivity index (χ2v) is 3.14. The summed E-state index contributed by atoms with van der Waals surface area (Å²) in [5, 5.41) is 11.5. The Labute approximate surface area is 75.4 Å². The fourth-order valence-corrected chi connectivity index (χ4v) is 1.72. The summed E-state index contributed by atoms with van der Waals surface area (Å²) in [5.41, 5.74) is -0.505. The summed E-state index contributed by atoms with van der Waals surface area (Å²) in [5.74, 6) is 0. The van der Waals surface area contributed by atoms with Gasteiger partial charge < -0.3 is 5.11 Å². The van der Waals surface area contributed by atoms with Crippen molar-refractivity contribution in [1.82, 2.24) is 0 Å². The normalized spacial score (nSPS) is 22.2. The third-order valence-corrected chi connectivity index (χ3v) is 2.22. The third-order valence-electron chi connectivity index (χ3n) is 2.22. The van der Waals surface area contributed by atoms with Gasteiger partial charge in [-0.15, -0.1) is 5.60 Å². The van der Waals surface area contributed by atoms with E-state index >= 15 is 0 Å². The van der Waals surface area contributed by atoms with Gasteiger partial charge >= 0.3 is 18.9 Å². The van der Waals surface area contributed by atoms with Crippen molar-refractivity contribution < 1.29 is 24.0 Å². The third kappa shape index (κ3) is 2.66. The SMILES string of the molecule is CCCC1([O-])CCCC1.[Li+]. The average molecular weight is 134 g/mol.